The Balaban J connectivity index is 1.93. The molecule has 5 nitrogen and oxygen atoms in total. The van der Waals surface area contributed by atoms with Gasteiger partial charge in [0, 0.05) is 6.92 Å². The standard InChI is InChI=1S/C20H20Cl2N2O3/c1-3-6-16-7-4-5-8-19(16)26-9-10-27-20-17(21)11-15(12-18(20)22)13-23-24-14(2)25/h3-5,7-8,11-13H,1,6,9-10H2,2H3,(H,24,25)/b23-13+. The average Bonchev–Trinajstić information content (AvgIpc) is 2.61. The lowest BCUT2D eigenvalue weighted by Crippen LogP contribution is -2.12. The molecule has 2 aromatic rings. The minimum absolute atomic E-state index is 0.266. The third-order valence-corrected chi connectivity index (χ3v) is 3.94. The fourth-order valence-corrected chi connectivity index (χ4v) is 2.87. The Hall–Kier alpha value is -2.50. The minimum Gasteiger partial charge on any atom is -0.490 e. The van der Waals surface area contributed by atoms with Crippen LogP contribution in [-0.2, 0) is 11.2 Å². The SMILES string of the molecule is C=CCc1ccccc1OCCOc1c(Cl)cc(/C=N/NC(C)=O)cc1Cl. The highest BCUT2D eigenvalue weighted by Crippen LogP contribution is 2.33. The lowest BCUT2D eigenvalue weighted by molar-refractivity contribution is -0.118. The van der Waals surface area contributed by atoms with Gasteiger partial charge in [0.15, 0.2) is 5.75 Å². The summed E-state index contributed by atoms with van der Waals surface area (Å²) in [4.78, 5) is 10.8. The number of allylic oxidation sites excluding steroid dienone is 1. The topological polar surface area (TPSA) is 59.9 Å². The Morgan fingerprint density at radius 3 is 2.52 bits per heavy atom. The lowest BCUT2D eigenvalue weighted by Gasteiger charge is -2.13. The van der Waals surface area contributed by atoms with Crippen LogP contribution in [0, 0.1) is 0 Å². The van der Waals surface area contributed by atoms with Gasteiger partial charge >= 0.3 is 0 Å². The van der Waals surface area contributed by atoms with Gasteiger partial charge < -0.3 is 9.47 Å². The molecule has 0 aliphatic rings. The van der Waals surface area contributed by atoms with Crippen molar-refractivity contribution in [2.24, 2.45) is 5.10 Å². The smallest absolute Gasteiger partial charge is 0.236 e. The zero-order valence-electron chi connectivity index (χ0n) is 14.9. The molecular weight excluding hydrogens is 387 g/mol. The van der Waals surface area contributed by atoms with Gasteiger partial charge in [0.2, 0.25) is 5.91 Å². The molecule has 0 saturated carbocycles. The number of hydrogen-bond donors (Lipinski definition) is 1. The van der Waals surface area contributed by atoms with E-state index in [4.69, 9.17) is 32.7 Å². The highest BCUT2D eigenvalue weighted by molar-refractivity contribution is 6.37. The number of nitrogens with zero attached hydrogens (tertiary/aromatic N) is 1. The summed E-state index contributed by atoms with van der Waals surface area (Å²) in [7, 11) is 0. The van der Waals surface area contributed by atoms with Gasteiger partial charge in [0.1, 0.15) is 19.0 Å². The fraction of sp³-hybridized carbons (Fsp3) is 0.200. The van der Waals surface area contributed by atoms with E-state index in [-0.39, 0.29) is 12.5 Å². The molecule has 142 valence electrons. The Morgan fingerprint density at radius 1 is 1.19 bits per heavy atom. The van der Waals surface area contributed by atoms with Gasteiger partial charge in [-0.15, -0.1) is 6.58 Å². The number of hydrazone groups is 1. The maximum Gasteiger partial charge on any atom is 0.236 e. The van der Waals surface area contributed by atoms with Gasteiger partial charge in [-0.05, 0) is 35.7 Å². The molecule has 2 aromatic carbocycles. The summed E-state index contributed by atoms with van der Waals surface area (Å²) < 4.78 is 11.4. The second-order valence-electron chi connectivity index (χ2n) is 5.54. The highest BCUT2D eigenvalue weighted by Gasteiger charge is 2.10. The predicted molar refractivity (Wildman–Crippen MR) is 109 cm³/mol. The second-order valence-corrected chi connectivity index (χ2v) is 6.35. The van der Waals surface area contributed by atoms with E-state index in [0.29, 0.717) is 28.0 Å². The normalized spacial score (nSPS) is 10.6. The molecule has 1 amide bonds. The van der Waals surface area contributed by atoms with Crippen LogP contribution in [0.3, 0.4) is 0 Å². The van der Waals surface area contributed by atoms with E-state index in [1.807, 2.05) is 30.3 Å². The van der Waals surface area contributed by atoms with Crippen molar-refractivity contribution in [3.05, 3.63) is 70.2 Å². The maximum absolute atomic E-state index is 10.8. The molecule has 0 heterocycles. The number of amides is 1. The Labute approximate surface area is 168 Å². The average molecular weight is 407 g/mol. The van der Waals surface area contributed by atoms with E-state index < -0.39 is 0 Å². The van der Waals surface area contributed by atoms with Crippen LogP contribution in [0.4, 0.5) is 0 Å². The summed E-state index contributed by atoms with van der Waals surface area (Å²) in [5.41, 5.74) is 4.01. The number of para-hydroxylation sites is 1. The number of ether oxygens (including phenoxy) is 2. The molecule has 0 radical (unpaired) electrons. The van der Waals surface area contributed by atoms with Crippen LogP contribution in [0.1, 0.15) is 18.1 Å². The van der Waals surface area contributed by atoms with Gasteiger partial charge in [-0.3, -0.25) is 4.79 Å². The van der Waals surface area contributed by atoms with Crippen molar-refractivity contribution < 1.29 is 14.3 Å². The van der Waals surface area contributed by atoms with E-state index in [9.17, 15) is 4.79 Å². The Morgan fingerprint density at radius 2 is 1.85 bits per heavy atom. The third kappa shape index (κ3) is 6.62. The first kappa shape index (κ1) is 20.8. The zero-order valence-corrected chi connectivity index (χ0v) is 16.4. The molecule has 0 atom stereocenters. The molecule has 0 aliphatic heterocycles. The lowest BCUT2D eigenvalue weighted by atomic mass is 10.1. The van der Waals surface area contributed by atoms with Crippen LogP contribution in [0.15, 0.2) is 54.2 Å². The van der Waals surface area contributed by atoms with Crippen molar-refractivity contribution in [2.45, 2.75) is 13.3 Å². The third-order valence-electron chi connectivity index (χ3n) is 3.38. The molecule has 0 aliphatic carbocycles. The summed E-state index contributed by atoms with van der Waals surface area (Å²) in [5.74, 6) is 0.902. The monoisotopic (exact) mass is 406 g/mol. The highest BCUT2D eigenvalue weighted by atomic mass is 35.5. The summed E-state index contributed by atoms with van der Waals surface area (Å²) in [6, 6.07) is 11.1. The van der Waals surface area contributed by atoms with E-state index in [0.717, 1.165) is 17.7 Å². The van der Waals surface area contributed by atoms with E-state index in [2.05, 4.69) is 17.1 Å². The number of carbonyl (C=O) groups is 1. The van der Waals surface area contributed by atoms with Crippen molar-refractivity contribution in [3.8, 4) is 11.5 Å². The number of rotatable bonds is 9. The van der Waals surface area contributed by atoms with Crippen LogP contribution in [0.5, 0.6) is 11.5 Å². The molecule has 1 N–H and O–H groups in total. The van der Waals surface area contributed by atoms with Gasteiger partial charge in [-0.1, -0.05) is 47.5 Å². The number of benzene rings is 2. The Kier molecular flexibility index (Phi) is 8.17. The van der Waals surface area contributed by atoms with Gasteiger partial charge in [-0.2, -0.15) is 5.10 Å². The molecule has 27 heavy (non-hydrogen) atoms. The molecule has 0 aromatic heterocycles. The molecule has 7 heteroatoms. The first-order valence-corrected chi connectivity index (χ1v) is 9.00. The summed E-state index contributed by atoms with van der Waals surface area (Å²) in [5, 5.41) is 4.47. The van der Waals surface area contributed by atoms with Crippen LogP contribution in [0.25, 0.3) is 0 Å². The number of hydrogen-bond acceptors (Lipinski definition) is 4. The van der Waals surface area contributed by atoms with Crippen molar-refractivity contribution in [1.82, 2.24) is 5.43 Å². The largest absolute Gasteiger partial charge is 0.490 e. The number of halogens is 2. The van der Waals surface area contributed by atoms with Crippen molar-refractivity contribution in [2.75, 3.05) is 13.2 Å². The van der Waals surface area contributed by atoms with Gasteiger partial charge in [0.05, 0.1) is 16.3 Å². The molecule has 2 rings (SSSR count). The van der Waals surface area contributed by atoms with Crippen molar-refractivity contribution >= 4 is 35.3 Å². The molecule has 0 saturated heterocycles. The predicted octanol–water partition coefficient (Wildman–Crippen LogP) is 4.65. The Bertz CT molecular complexity index is 815. The van der Waals surface area contributed by atoms with Gasteiger partial charge in [0.25, 0.3) is 0 Å². The minimum atomic E-state index is -0.266. The van der Waals surface area contributed by atoms with Crippen molar-refractivity contribution in [1.29, 1.82) is 0 Å². The van der Waals surface area contributed by atoms with Crippen LogP contribution in [-0.4, -0.2) is 25.3 Å². The van der Waals surface area contributed by atoms with Gasteiger partial charge in [-0.25, -0.2) is 5.43 Å². The molecular formula is C20H20Cl2N2O3. The molecule has 0 unspecified atom stereocenters. The molecule has 0 bridgehead atoms. The van der Waals surface area contributed by atoms with Crippen molar-refractivity contribution in [3.63, 3.8) is 0 Å². The second kappa shape index (κ2) is 10.6. The molecule has 0 spiro atoms. The summed E-state index contributed by atoms with van der Waals surface area (Å²) in [6.07, 6.45) is 4.01. The number of carbonyl (C=O) groups excluding carboxylic acids is 1. The quantitative estimate of drug-likeness (QED) is 0.285. The van der Waals surface area contributed by atoms with E-state index >= 15 is 0 Å². The number of nitrogens with one attached hydrogen (secondary N) is 1. The zero-order chi connectivity index (χ0) is 19.6. The maximum atomic E-state index is 10.8. The summed E-state index contributed by atoms with van der Waals surface area (Å²) >= 11 is 12.5. The van der Waals surface area contributed by atoms with Crippen LogP contribution < -0.4 is 14.9 Å². The summed E-state index contributed by atoms with van der Waals surface area (Å²) in [6.45, 7) is 5.73. The van der Waals surface area contributed by atoms with E-state index in [1.165, 1.54) is 13.1 Å². The van der Waals surface area contributed by atoms with Crippen LogP contribution in [0.2, 0.25) is 10.0 Å². The van der Waals surface area contributed by atoms with Crippen LogP contribution >= 0.6 is 23.2 Å². The molecule has 0 fully saturated rings. The fourth-order valence-electron chi connectivity index (χ4n) is 2.25. The first-order valence-electron chi connectivity index (χ1n) is 8.24. The van der Waals surface area contributed by atoms with E-state index in [1.54, 1.807) is 12.1 Å². The first-order chi connectivity index (χ1) is 13.0.